The van der Waals surface area contributed by atoms with Gasteiger partial charge in [0.15, 0.2) is 0 Å². The monoisotopic (exact) mass is 267 g/mol. The number of rotatable bonds is 3. The first-order valence-corrected chi connectivity index (χ1v) is 5.96. The largest absolute Gasteiger partial charge is 0.494 e. The molecule has 0 aliphatic carbocycles. The van der Waals surface area contributed by atoms with Crippen LogP contribution in [-0.2, 0) is 0 Å². The van der Waals surface area contributed by atoms with Gasteiger partial charge in [0, 0.05) is 11.9 Å². The van der Waals surface area contributed by atoms with Gasteiger partial charge in [-0.05, 0) is 30.7 Å². The lowest BCUT2D eigenvalue weighted by atomic mass is 10.1. The molecule has 100 valence electrons. The Bertz CT molecular complexity index is 690. The van der Waals surface area contributed by atoms with E-state index in [9.17, 15) is 4.79 Å². The van der Waals surface area contributed by atoms with Crippen LogP contribution in [0.25, 0.3) is 0 Å². The number of benzene rings is 1. The highest BCUT2D eigenvalue weighted by Gasteiger charge is 2.13. The second-order valence-electron chi connectivity index (χ2n) is 4.17. The fourth-order valence-corrected chi connectivity index (χ4v) is 1.75. The van der Waals surface area contributed by atoms with Gasteiger partial charge in [0.05, 0.1) is 30.5 Å². The number of ether oxygens (including phenoxy) is 1. The topological polar surface area (TPSA) is 75.0 Å². The van der Waals surface area contributed by atoms with Crippen LogP contribution in [0.1, 0.15) is 21.5 Å². The fraction of sp³-hybridized carbons (Fsp3) is 0.133. The number of nitriles is 1. The highest BCUT2D eigenvalue weighted by atomic mass is 16.5. The summed E-state index contributed by atoms with van der Waals surface area (Å²) in [6.07, 6.45) is 3.00. The van der Waals surface area contributed by atoms with Gasteiger partial charge in [0.1, 0.15) is 5.75 Å². The summed E-state index contributed by atoms with van der Waals surface area (Å²) in [5, 5.41) is 11.7. The molecule has 1 aromatic heterocycles. The molecule has 2 aromatic rings. The zero-order valence-electron chi connectivity index (χ0n) is 11.2. The SMILES string of the molecule is COc1cnccc1C(=O)Nc1cc(C#N)ccc1C. The number of carbonyl (C=O) groups excluding carboxylic acids is 1. The van der Waals surface area contributed by atoms with Crippen molar-refractivity contribution in [1.82, 2.24) is 4.98 Å². The molecule has 1 aromatic carbocycles. The van der Waals surface area contributed by atoms with Crippen LogP contribution in [0.5, 0.6) is 5.75 Å². The van der Waals surface area contributed by atoms with Crippen molar-refractivity contribution >= 4 is 11.6 Å². The van der Waals surface area contributed by atoms with Crippen molar-refractivity contribution in [3.8, 4) is 11.8 Å². The van der Waals surface area contributed by atoms with Crippen LogP contribution in [0.3, 0.4) is 0 Å². The second-order valence-corrected chi connectivity index (χ2v) is 4.17. The van der Waals surface area contributed by atoms with Gasteiger partial charge in [-0.3, -0.25) is 9.78 Å². The van der Waals surface area contributed by atoms with Crippen molar-refractivity contribution in [3.63, 3.8) is 0 Å². The van der Waals surface area contributed by atoms with E-state index < -0.39 is 0 Å². The van der Waals surface area contributed by atoms with Gasteiger partial charge in [-0.1, -0.05) is 6.07 Å². The zero-order valence-corrected chi connectivity index (χ0v) is 11.2. The Hall–Kier alpha value is -2.87. The standard InChI is InChI=1S/C15H13N3O2/c1-10-3-4-11(8-16)7-13(10)18-15(19)12-5-6-17-9-14(12)20-2/h3-7,9H,1-2H3,(H,18,19). The number of amides is 1. The predicted molar refractivity (Wildman–Crippen MR) is 74.6 cm³/mol. The number of nitrogens with one attached hydrogen (secondary N) is 1. The van der Waals surface area contributed by atoms with E-state index >= 15 is 0 Å². The van der Waals surface area contributed by atoms with E-state index in [0.29, 0.717) is 22.6 Å². The van der Waals surface area contributed by atoms with Gasteiger partial charge >= 0.3 is 0 Å². The lowest BCUT2D eigenvalue weighted by Crippen LogP contribution is -2.14. The first kappa shape index (κ1) is 13.6. The molecule has 0 aliphatic heterocycles. The van der Waals surface area contributed by atoms with Crippen molar-refractivity contribution in [2.75, 3.05) is 12.4 Å². The molecule has 0 unspecified atom stereocenters. The summed E-state index contributed by atoms with van der Waals surface area (Å²) in [6.45, 7) is 1.86. The summed E-state index contributed by atoms with van der Waals surface area (Å²) in [5.74, 6) is 0.0986. The third-order valence-electron chi connectivity index (χ3n) is 2.86. The lowest BCUT2D eigenvalue weighted by molar-refractivity contribution is 0.102. The van der Waals surface area contributed by atoms with E-state index in [-0.39, 0.29) is 5.91 Å². The maximum absolute atomic E-state index is 12.2. The predicted octanol–water partition coefficient (Wildman–Crippen LogP) is 2.52. The van der Waals surface area contributed by atoms with Gasteiger partial charge in [-0.25, -0.2) is 0 Å². The van der Waals surface area contributed by atoms with Crippen molar-refractivity contribution in [2.24, 2.45) is 0 Å². The van der Waals surface area contributed by atoms with Crippen LogP contribution >= 0.6 is 0 Å². The number of methoxy groups -OCH3 is 1. The Labute approximate surface area is 116 Å². The molecular weight excluding hydrogens is 254 g/mol. The number of hydrogen-bond donors (Lipinski definition) is 1. The van der Waals surface area contributed by atoms with Crippen molar-refractivity contribution < 1.29 is 9.53 Å². The Kier molecular flexibility index (Phi) is 3.96. The molecule has 0 fully saturated rings. The molecule has 0 saturated heterocycles. The molecule has 0 radical (unpaired) electrons. The number of pyridine rings is 1. The van der Waals surface area contributed by atoms with Gasteiger partial charge in [0.2, 0.25) is 0 Å². The molecule has 1 amide bonds. The minimum Gasteiger partial charge on any atom is -0.494 e. The van der Waals surface area contributed by atoms with Crippen LogP contribution < -0.4 is 10.1 Å². The Balaban J connectivity index is 2.30. The average Bonchev–Trinajstić information content (AvgIpc) is 2.49. The number of aryl methyl sites for hydroxylation is 1. The zero-order chi connectivity index (χ0) is 14.5. The molecule has 0 atom stereocenters. The maximum atomic E-state index is 12.2. The van der Waals surface area contributed by atoms with Gasteiger partial charge in [0.25, 0.3) is 5.91 Å². The van der Waals surface area contributed by atoms with Crippen LogP contribution in [-0.4, -0.2) is 18.0 Å². The molecule has 1 heterocycles. The molecule has 20 heavy (non-hydrogen) atoms. The minimum absolute atomic E-state index is 0.303. The Morgan fingerprint density at radius 2 is 2.20 bits per heavy atom. The molecular formula is C15H13N3O2. The molecule has 0 bridgehead atoms. The third kappa shape index (κ3) is 2.75. The first-order valence-electron chi connectivity index (χ1n) is 5.96. The van der Waals surface area contributed by atoms with E-state index in [1.54, 1.807) is 24.3 Å². The molecule has 2 rings (SSSR count). The second kappa shape index (κ2) is 5.85. The van der Waals surface area contributed by atoms with E-state index in [4.69, 9.17) is 10.00 Å². The average molecular weight is 267 g/mol. The van der Waals surface area contributed by atoms with Gasteiger partial charge in [-0.15, -0.1) is 0 Å². The molecule has 0 spiro atoms. The van der Waals surface area contributed by atoms with Crippen molar-refractivity contribution in [3.05, 3.63) is 53.3 Å². The fourth-order valence-electron chi connectivity index (χ4n) is 1.75. The number of hydrogen-bond acceptors (Lipinski definition) is 4. The van der Waals surface area contributed by atoms with E-state index in [1.807, 2.05) is 13.0 Å². The molecule has 5 nitrogen and oxygen atoms in total. The van der Waals surface area contributed by atoms with Crippen LogP contribution in [0.15, 0.2) is 36.7 Å². The van der Waals surface area contributed by atoms with E-state index in [2.05, 4.69) is 10.3 Å². The van der Waals surface area contributed by atoms with Crippen LogP contribution in [0, 0.1) is 18.3 Å². The summed E-state index contributed by atoms with van der Waals surface area (Å²) < 4.78 is 5.10. The highest BCUT2D eigenvalue weighted by molar-refractivity contribution is 6.06. The quantitative estimate of drug-likeness (QED) is 0.927. The lowest BCUT2D eigenvalue weighted by Gasteiger charge is -2.10. The summed E-state index contributed by atoms with van der Waals surface area (Å²) in [4.78, 5) is 16.1. The third-order valence-corrected chi connectivity index (χ3v) is 2.86. The van der Waals surface area contributed by atoms with E-state index in [1.165, 1.54) is 19.5 Å². The summed E-state index contributed by atoms with van der Waals surface area (Å²) in [7, 11) is 1.48. The Morgan fingerprint density at radius 1 is 1.40 bits per heavy atom. The minimum atomic E-state index is -0.303. The van der Waals surface area contributed by atoms with E-state index in [0.717, 1.165) is 5.56 Å². The first-order chi connectivity index (χ1) is 9.65. The summed E-state index contributed by atoms with van der Waals surface area (Å²) in [5.41, 5.74) is 2.37. The molecule has 1 N–H and O–H groups in total. The number of aromatic nitrogens is 1. The van der Waals surface area contributed by atoms with Crippen LogP contribution in [0.2, 0.25) is 0 Å². The summed E-state index contributed by atoms with van der Waals surface area (Å²) in [6, 6.07) is 8.76. The molecule has 0 aliphatic rings. The van der Waals surface area contributed by atoms with Crippen LogP contribution in [0.4, 0.5) is 5.69 Å². The molecule has 0 saturated carbocycles. The highest BCUT2D eigenvalue weighted by Crippen LogP contribution is 2.20. The van der Waals surface area contributed by atoms with Crippen molar-refractivity contribution in [1.29, 1.82) is 5.26 Å². The van der Waals surface area contributed by atoms with Gasteiger partial charge in [-0.2, -0.15) is 5.26 Å². The molecule has 5 heteroatoms. The smallest absolute Gasteiger partial charge is 0.259 e. The number of carbonyl (C=O) groups is 1. The van der Waals surface area contributed by atoms with Crippen molar-refractivity contribution in [2.45, 2.75) is 6.92 Å². The summed E-state index contributed by atoms with van der Waals surface area (Å²) >= 11 is 0. The maximum Gasteiger partial charge on any atom is 0.259 e. The Morgan fingerprint density at radius 3 is 2.90 bits per heavy atom. The normalized spacial score (nSPS) is 9.65. The number of nitrogens with zero attached hydrogens (tertiary/aromatic N) is 2. The number of anilines is 1. The van der Waals surface area contributed by atoms with Gasteiger partial charge < -0.3 is 10.1 Å².